The predicted octanol–water partition coefficient (Wildman–Crippen LogP) is 1.64. The minimum Gasteiger partial charge on any atom is -0.469 e. The Bertz CT molecular complexity index is 523. The summed E-state index contributed by atoms with van der Waals surface area (Å²) in [6, 6.07) is 1.98. The highest BCUT2D eigenvalue weighted by Gasteiger charge is 2.35. The third kappa shape index (κ3) is 2.32. The predicted molar refractivity (Wildman–Crippen MR) is 72.9 cm³/mol. The first-order valence-corrected chi connectivity index (χ1v) is 7.33. The lowest BCUT2D eigenvalue weighted by Gasteiger charge is -2.24. The van der Waals surface area contributed by atoms with Gasteiger partial charge in [0.25, 0.3) is 0 Å². The van der Waals surface area contributed by atoms with Crippen molar-refractivity contribution in [2.75, 3.05) is 13.1 Å². The van der Waals surface area contributed by atoms with Gasteiger partial charge in [-0.2, -0.15) is 0 Å². The van der Waals surface area contributed by atoms with E-state index in [0.717, 1.165) is 30.6 Å². The first-order chi connectivity index (χ1) is 9.69. The van der Waals surface area contributed by atoms with Crippen molar-refractivity contribution in [2.45, 2.75) is 38.6 Å². The van der Waals surface area contributed by atoms with Crippen molar-refractivity contribution in [3.05, 3.63) is 23.7 Å². The van der Waals surface area contributed by atoms with Crippen molar-refractivity contribution in [1.82, 2.24) is 10.2 Å². The molecule has 5 heteroatoms. The fourth-order valence-corrected chi connectivity index (χ4v) is 3.18. The molecule has 2 aliphatic rings. The summed E-state index contributed by atoms with van der Waals surface area (Å²) >= 11 is 0. The van der Waals surface area contributed by atoms with Gasteiger partial charge in [0.1, 0.15) is 5.76 Å². The topological polar surface area (TPSA) is 62.6 Å². The molecule has 0 aromatic carbocycles. The van der Waals surface area contributed by atoms with Crippen LogP contribution < -0.4 is 5.32 Å². The molecule has 1 aromatic rings. The van der Waals surface area contributed by atoms with Crippen LogP contribution in [0.15, 0.2) is 16.7 Å². The lowest BCUT2D eigenvalue weighted by atomic mass is 9.93. The average molecular weight is 276 g/mol. The van der Waals surface area contributed by atoms with Gasteiger partial charge in [-0.05, 0) is 25.8 Å². The molecule has 1 aliphatic heterocycles. The molecule has 1 N–H and O–H groups in total. The van der Waals surface area contributed by atoms with Crippen LogP contribution in [0.25, 0.3) is 0 Å². The Morgan fingerprint density at radius 1 is 1.55 bits per heavy atom. The lowest BCUT2D eigenvalue weighted by Crippen LogP contribution is -2.36. The highest BCUT2D eigenvalue weighted by molar-refractivity contribution is 5.89. The van der Waals surface area contributed by atoms with Gasteiger partial charge in [-0.3, -0.25) is 9.59 Å². The van der Waals surface area contributed by atoms with Crippen molar-refractivity contribution in [3.8, 4) is 0 Å². The molecule has 1 aliphatic carbocycles. The third-order valence-electron chi connectivity index (χ3n) is 4.34. The van der Waals surface area contributed by atoms with Crippen molar-refractivity contribution < 1.29 is 14.0 Å². The molecule has 3 rings (SSSR count). The first-order valence-electron chi connectivity index (χ1n) is 7.33. The van der Waals surface area contributed by atoms with Gasteiger partial charge < -0.3 is 14.6 Å². The SMILES string of the molecule is CCN1CC(C(=O)NC2CCCc3occc32)CC1=O. The Morgan fingerprint density at radius 2 is 2.40 bits per heavy atom. The Kier molecular flexibility index (Phi) is 3.51. The highest BCUT2D eigenvalue weighted by Crippen LogP contribution is 2.31. The van der Waals surface area contributed by atoms with E-state index in [9.17, 15) is 9.59 Å². The molecule has 0 bridgehead atoms. The number of aryl methyl sites for hydroxylation is 1. The molecular weight excluding hydrogens is 256 g/mol. The lowest BCUT2D eigenvalue weighted by molar-refractivity contribution is -0.129. The maximum atomic E-state index is 12.3. The van der Waals surface area contributed by atoms with Gasteiger partial charge in [-0.15, -0.1) is 0 Å². The van der Waals surface area contributed by atoms with Gasteiger partial charge in [0.2, 0.25) is 11.8 Å². The number of furan rings is 1. The minimum atomic E-state index is -0.209. The zero-order valence-corrected chi connectivity index (χ0v) is 11.7. The molecule has 0 radical (unpaired) electrons. The van der Waals surface area contributed by atoms with E-state index in [-0.39, 0.29) is 23.8 Å². The summed E-state index contributed by atoms with van der Waals surface area (Å²) < 4.78 is 5.43. The summed E-state index contributed by atoms with van der Waals surface area (Å²) in [5, 5.41) is 3.09. The van der Waals surface area contributed by atoms with Crippen molar-refractivity contribution in [1.29, 1.82) is 0 Å². The van der Waals surface area contributed by atoms with Crippen LogP contribution in [0.3, 0.4) is 0 Å². The van der Waals surface area contributed by atoms with Gasteiger partial charge in [0.05, 0.1) is 18.2 Å². The molecule has 2 atom stereocenters. The normalized spacial score (nSPS) is 25.6. The van der Waals surface area contributed by atoms with Crippen molar-refractivity contribution in [2.24, 2.45) is 5.92 Å². The zero-order chi connectivity index (χ0) is 14.1. The van der Waals surface area contributed by atoms with E-state index in [1.54, 1.807) is 11.2 Å². The molecule has 5 nitrogen and oxygen atoms in total. The second-order valence-corrected chi connectivity index (χ2v) is 5.59. The number of carbonyl (C=O) groups is 2. The van der Waals surface area contributed by atoms with Gasteiger partial charge in [0.15, 0.2) is 0 Å². The molecule has 0 saturated carbocycles. The number of fused-ring (bicyclic) bond motifs is 1. The van der Waals surface area contributed by atoms with Crippen LogP contribution in [0.4, 0.5) is 0 Å². The van der Waals surface area contributed by atoms with Crippen LogP contribution in [0.1, 0.15) is 43.6 Å². The van der Waals surface area contributed by atoms with Crippen LogP contribution in [0.5, 0.6) is 0 Å². The number of nitrogens with one attached hydrogen (secondary N) is 1. The number of likely N-dealkylation sites (tertiary alicyclic amines) is 1. The van der Waals surface area contributed by atoms with Crippen LogP contribution in [0, 0.1) is 5.92 Å². The van der Waals surface area contributed by atoms with Crippen LogP contribution in [-0.4, -0.2) is 29.8 Å². The quantitative estimate of drug-likeness (QED) is 0.913. The van der Waals surface area contributed by atoms with E-state index in [0.29, 0.717) is 19.5 Å². The fraction of sp³-hybridized carbons (Fsp3) is 0.600. The number of rotatable bonds is 3. The van der Waals surface area contributed by atoms with Crippen LogP contribution in [-0.2, 0) is 16.0 Å². The number of amides is 2. The molecule has 1 fully saturated rings. The van der Waals surface area contributed by atoms with Gasteiger partial charge >= 0.3 is 0 Å². The monoisotopic (exact) mass is 276 g/mol. The number of nitrogens with zero attached hydrogens (tertiary/aromatic N) is 1. The fourth-order valence-electron chi connectivity index (χ4n) is 3.18. The van der Waals surface area contributed by atoms with E-state index in [1.807, 2.05) is 13.0 Å². The van der Waals surface area contributed by atoms with Gasteiger partial charge in [0, 0.05) is 31.5 Å². The van der Waals surface area contributed by atoms with E-state index >= 15 is 0 Å². The molecule has 2 amide bonds. The van der Waals surface area contributed by atoms with Crippen molar-refractivity contribution in [3.63, 3.8) is 0 Å². The van der Waals surface area contributed by atoms with Crippen LogP contribution >= 0.6 is 0 Å². The highest BCUT2D eigenvalue weighted by atomic mass is 16.3. The number of carbonyl (C=O) groups excluding carboxylic acids is 2. The summed E-state index contributed by atoms with van der Waals surface area (Å²) in [5.41, 5.74) is 1.10. The first kappa shape index (κ1) is 13.2. The molecule has 1 saturated heterocycles. The summed E-state index contributed by atoms with van der Waals surface area (Å²) in [6.07, 6.45) is 4.94. The van der Waals surface area contributed by atoms with E-state index in [4.69, 9.17) is 4.42 Å². The maximum absolute atomic E-state index is 12.3. The molecule has 108 valence electrons. The Balaban J connectivity index is 1.65. The smallest absolute Gasteiger partial charge is 0.225 e. The molecule has 2 heterocycles. The Labute approximate surface area is 118 Å². The summed E-state index contributed by atoms with van der Waals surface area (Å²) in [6.45, 7) is 3.17. The summed E-state index contributed by atoms with van der Waals surface area (Å²) in [7, 11) is 0. The van der Waals surface area contributed by atoms with E-state index < -0.39 is 0 Å². The summed E-state index contributed by atoms with van der Waals surface area (Å²) in [5.74, 6) is 0.854. The second-order valence-electron chi connectivity index (χ2n) is 5.59. The van der Waals surface area contributed by atoms with Gasteiger partial charge in [-0.25, -0.2) is 0 Å². The van der Waals surface area contributed by atoms with E-state index in [2.05, 4.69) is 5.32 Å². The third-order valence-corrected chi connectivity index (χ3v) is 4.34. The largest absolute Gasteiger partial charge is 0.469 e. The standard InChI is InChI=1S/C15H20N2O3/c1-2-17-9-10(8-14(17)18)15(19)16-12-4-3-5-13-11(12)6-7-20-13/h6-7,10,12H,2-5,8-9H2,1H3,(H,16,19). The average Bonchev–Trinajstić information content (AvgIpc) is 3.05. The Morgan fingerprint density at radius 3 is 3.15 bits per heavy atom. The van der Waals surface area contributed by atoms with Crippen LogP contribution in [0.2, 0.25) is 0 Å². The summed E-state index contributed by atoms with van der Waals surface area (Å²) in [4.78, 5) is 25.8. The zero-order valence-electron chi connectivity index (χ0n) is 11.7. The Hall–Kier alpha value is -1.78. The van der Waals surface area contributed by atoms with E-state index in [1.165, 1.54) is 0 Å². The minimum absolute atomic E-state index is 0.00616. The molecule has 1 aromatic heterocycles. The molecule has 0 spiro atoms. The van der Waals surface area contributed by atoms with Gasteiger partial charge in [-0.1, -0.05) is 0 Å². The number of hydrogen-bond donors (Lipinski definition) is 1. The number of hydrogen-bond acceptors (Lipinski definition) is 3. The van der Waals surface area contributed by atoms with Crippen molar-refractivity contribution >= 4 is 11.8 Å². The maximum Gasteiger partial charge on any atom is 0.225 e. The second kappa shape index (κ2) is 5.31. The molecule has 20 heavy (non-hydrogen) atoms. The molecule has 2 unspecified atom stereocenters. The molecular formula is C15H20N2O3.